The number of methoxy groups -OCH3 is 1. The maximum Gasteiger partial charge on any atom is 0.244 e. The van der Waals surface area contributed by atoms with Gasteiger partial charge in [-0.1, -0.05) is 38.5 Å². The predicted molar refractivity (Wildman–Crippen MR) is 134 cm³/mol. The van der Waals surface area contributed by atoms with E-state index in [0.29, 0.717) is 18.7 Å². The van der Waals surface area contributed by atoms with Crippen LogP contribution >= 0.6 is 0 Å². The number of hydrogen-bond acceptors (Lipinski definition) is 5. The van der Waals surface area contributed by atoms with Crippen molar-refractivity contribution in [1.29, 1.82) is 0 Å². The summed E-state index contributed by atoms with van der Waals surface area (Å²) in [6.45, 7) is 3.80. The highest BCUT2D eigenvalue weighted by Crippen LogP contribution is 2.21. The molecule has 2 amide bonds. The molecule has 0 saturated carbocycles. The van der Waals surface area contributed by atoms with E-state index in [1.807, 2.05) is 6.92 Å². The number of carbonyl (C=O) groups is 2. The molecule has 0 aliphatic carbocycles. The van der Waals surface area contributed by atoms with Crippen LogP contribution in [-0.4, -0.2) is 57.6 Å². The van der Waals surface area contributed by atoms with Crippen LogP contribution in [0.5, 0.6) is 5.75 Å². The number of sulfonamides is 1. The largest absolute Gasteiger partial charge is 0.497 e. The third-order valence-electron chi connectivity index (χ3n) is 5.50. The summed E-state index contributed by atoms with van der Waals surface area (Å²) in [5.74, 6) is -0.863. The lowest BCUT2D eigenvalue weighted by Crippen LogP contribution is -2.52. The van der Waals surface area contributed by atoms with E-state index < -0.39 is 34.3 Å². The lowest BCUT2D eigenvalue weighted by atomic mass is 10.1. The number of nitrogens with zero attached hydrogens (tertiary/aromatic N) is 2. The molecule has 35 heavy (non-hydrogen) atoms. The van der Waals surface area contributed by atoms with Crippen molar-refractivity contribution in [1.82, 2.24) is 10.2 Å². The van der Waals surface area contributed by atoms with E-state index in [4.69, 9.17) is 4.74 Å². The van der Waals surface area contributed by atoms with Gasteiger partial charge >= 0.3 is 0 Å². The van der Waals surface area contributed by atoms with Crippen LogP contribution in [0.25, 0.3) is 0 Å². The fourth-order valence-electron chi connectivity index (χ4n) is 3.60. The molecule has 0 radical (unpaired) electrons. The van der Waals surface area contributed by atoms with Gasteiger partial charge in [-0.05, 0) is 48.7 Å². The number of ether oxygens (including phenoxy) is 1. The average Bonchev–Trinajstić information content (AvgIpc) is 2.82. The summed E-state index contributed by atoms with van der Waals surface area (Å²) < 4.78 is 44.9. The zero-order chi connectivity index (χ0) is 26.0. The van der Waals surface area contributed by atoms with E-state index in [9.17, 15) is 22.4 Å². The molecule has 1 N–H and O–H groups in total. The molecule has 2 aromatic carbocycles. The zero-order valence-electron chi connectivity index (χ0n) is 20.7. The molecule has 2 rings (SSSR count). The van der Waals surface area contributed by atoms with Gasteiger partial charge in [-0.3, -0.25) is 13.9 Å². The Bertz CT molecular complexity index is 1090. The third kappa shape index (κ3) is 8.24. The van der Waals surface area contributed by atoms with Crippen LogP contribution in [0.1, 0.15) is 38.7 Å². The second-order valence-electron chi connectivity index (χ2n) is 8.19. The lowest BCUT2D eigenvalue weighted by Gasteiger charge is -2.33. The molecule has 0 aliphatic rings. The van der Waals surface area contributed by atoms with Crippen molar-refractivity contribution >= 4 is 27.5 Å². The molecule has 1 atom stereocenters. The Kier molecular flexibility index (Phi) is 10.5. The van der Waals surface area contributed by atoms with Crippen LogP contribution in [0.2, 0.25) is 0 Å². The van der Waals surface area contributed by atoms with Crippen molar-refractivity contribution in [2.45, 2.75) is 45.7 Å². The number of nitrogens with one attached hydrogen (secondary N) is 1. The molecule has 0 aromatic heterocycles. The molecule has 0 aliphatic heterocycles. The maximum absolute atomic E-state index is 13.8. The number of rotatable bonds is 13. The first-order chi connectivity index (χ1) is 16.6. The summed E-state index contributed by atoms with van der Waals surface area (Å²) in [6, 6.07) is 11.3. The lowest BCUT2D eigenvalue weighted by molar-refractivity contribution is -0.140. The van der Waals surface area contributed by atoms with E-state index in [1.165, 1.54) is 23.1 Å². The topological polar surface area (TPSA) is 96.0 Å². The van der Waals surface area contributed by atoms with Gasteiger partial charge in [0.25, 0.3) is 0 Å². The standard InChI is InChI=1S/C25H34FN3O5S/c1-5-7-15-27-25(31)23(6-2)28(17-19-11-13-22(34-3)14-12-19)24(30)18-29(35(4,32)33)21-10-8-9-20(26)16-21/h8-14,16,23H,5-7,15,17-18H2,1-4H3,(H,27,31)/t23-/m1/s1. The molecule has 0 fully saturated rings. The van der Waals surface area contributed by atoms with Crippen molar-refractivity contribution in [2.24, 2.45) is 0 Å². The number of amides is 2. The van der Waals surface area contributed by atoms with Crippen LogP contribution in [0.4, 0.5) is 10.1 Å². The monoisotopic (exact) mass is 507 g/mol. The quantitative estimate of drug-likeness (QED) is 0.420. The highest BCUT2D eigenvalue weighted by molar-refractivity contribution is 7.92. The first-order valence-corrected chi connectivity index (χ1v) is 13.4. The van der Waals surface area contributed by atoms with Gasteiger partial charge in [0.2, 0.25) is 21.8 Å². The summed E-state index contributed by atoms with van der Waals surface area (Å²) in [5.41, 5.74) is 0.779. The van der Waals surface area contributed by atoms with E-state index in [0.717, 1.165) is 35.0 Å². The number of anilines is 1. The van der Waals surface area contributed by atoms with Gasteiger partial charge < -0.3 is 15.0 Å². The Morgan fingerprint density at radius 2 is 1.80 bits per heavy atom. The number of carbonyl (C=O) groups excluding carboxylic acids is 2. The molecule has 192 valence electrons. The normalized spacial score (nSPS) is 12.0. The summed E-state index contributed by atoms with van der Waals surface area (Å²) in [4.78, 5) is 27.9. The minimum atomic E-state index is -3.91. The summed E-state index contributed by atoms with van der Waals surface area (Å²) in [7, 11) is -2.37. The van der Waals surface area contributed by atoms with Crippen molar-refractivity contribution in [3.63, 3.8) is 0 Å². The minimum Gasteiger partial charge on any atom is -0.497 e. The van der Waals surface area contributed by atoms with Crippen LogP contribution in [0.3, 0.4) is 0 Å². The molecule has 10 heteroatoms. The number of unbranched alkanes of at least 4 members (excludes halogenated alkanes) is 1. The first kappa shape index (κ1) is 28.1. The Balaban J connectivity index is 2.39. The molecular formula is C25H34FN3O5S. The SMILES string of the molecule is CCCCNC(=O)[C@@H](CC)N(Cc1ccc(OC)cc1)C(=O)CN(c1cccc(F)c1)S(C)(=O)=O. The van der Waals surface area contributed by atoms with Gasteiger partial charge in [-0.15, -0.1) is 0 Å². The van der Waals surface area contributed by atoms with Crippen molar-refractivity contribution in [3.8, 4) is 5.75 Å². The smallest absolute Gasteiger partial charge is 0.244 e. The second-order valence-corrected chi connectivity index (χ2v) is 10.1. The number of hydrogen-bond donors (Lipinski definition) is 1. The summed E-state index contributed by atoms with van der Waals surface area (Å²) in [6.07, 6.45) is 2.99. The van der Waals surface area contributed by atoms with E-state index in [-0.39, 0.29) is 18.1 Å². The molecule has 0 unspecified atom stereocenters. The van der Waals surface area contributed by atoms with Crippen LogP contribution in [0, 0.1) is 5.82 Å². The van der Waals surface area contributed by atoms with Crippen molar-refractivity contribution in [3.05, 3.63) is 59.9 Å². The second kappa shape index (κ2) is 13.1. The third-order valence-corrected chi connectivity index (χ3v) is 6.64. The highest BCUT2D eigenvalue weighted by Gasteiger charge is 2.31. The van der Waals surface area contributed by atoms with Gasteiger partial charge in [0, 0.05) is 13.1 Å². The number of benzene rings is 2. The predicted octanol–water partition coefficient (Wildman–Crippen LogP) is 3.32. The van der Waals surface area contributed by atoms with Gasteiger partial charge in [-0.25, -0.2) is 12.8 Å². The Hall–Kier alpha value is -3.14. The molecule has 0 heterocycles. The van der Waals surface area contributed by atoms with Crippen molar-refractivity contribution in [2.75, 3.05) is 30.8 Å². The van der Waals surface area contributed by atoms with Gasteiger partial charge in [0.1, 0.15) is 24.2 Å². The number of halogens is 1. The Morgan fingerprint density at radius 1 is 1.11 bits per heavy atom. The fourth-order valence-corrected chi connectivity index (χ4v) is 4.44. The molecule has 8 nitrogen and oxygen atoms in total. The Morgan fingerprint density at radius 3 is 2.34 bits per heavy atom. The van der Waals surface area contributed by atoms with Crippen molar-refractivity contribution < 1.29 is 27.1 Å². The molecule has 0 saturated heterocycles. The van der Waals surface area contributed by atoms with Gasteiger partial charge in [-0.2, -0.15) is 0 Å². The summed E-state index contributed by atoms with van der Waals surface area (Å²) in [5, 5.41) is 2.86. The fraction of sp³-hybridized carbons (Fsp3) is 0.440. The van der Waals surface area contributed by atoms with Crippen LogP contribution < -0.4 is 14.4 Å². The van der Waals surface area contributed by atoms with E-state index in [2.05, 4.69) is 5.32 Å². The van der Waals surface area contributed by atoms with Crippen LogP contribution in [-0.2, 0) is 26.2 Å². The van der Waals surface area contributed by atoms with Gasteiger partial charge in [0.05, 0.1) is 19.1 Å². The summed E-state index contributed by atoms with van der Waals surface area (Å²) >= 11 is 0. The van der Waals surface area contributed by atoms with E-state index >= 15 is 0 Å². The van der Waals surface area contributed by atoms with Gasteiger partial charge in [0.15, 0.2) is 0 Å². The Labute approximate surface area is 207 Å². The zero-order valence-corrected chi connectivity index (χ0v) is 21.5. The highest BCUT2D eigenvalue weighted by atomic mass is 32.2. The molecule has 0 spiro atoms. The average molecular weight is 508 g/mol. The molecule has 2 aromatic rings. The molecule has 0 bridgehead atoms. The molecular weight excluding hydrogens is 473 g/mol. The minimum absolute atomic E-state index is 0.0330. The van der Waals surface area contributed by atoms with Crippen LogP contribution in [0.15, 0.2) is 48.5 Å². The first-order valence-electron chi connectivity index (χ1n) is 11.5. The van der Waals surface area contributed by atoms with E-state index in [1.54, 1.807) is 38.3 Å². The maximum atomic E-state index is 13.8.